The summed E-state index contributed by atoms with van der Waals surface area (Å²) < 4.78 is 5.09. The van der Waals surface area contributed by atoms with E-state index in [-0.39, 0.29) is 31.7 Å². The number of carboxylic acid groups (broad SMARTS) is 1. The monoisotopic (exact) mass is 333 g/mol. The van der Waals surface area contributed by atoms with E-state index in [2.05, 4.69) is 10.3 Å². The number of rotatable bonds is 5. The largest absolute Gasteiger partial charge is 0.479 e. The van der Waals surface area contributed by atoms with Crippen molar-refractivity contribution in [1.82, 2.24) is 10.3 Å². The van der Waals surface area contributed by atoms with Crippen LogP contribution in [0.15, 0.2) is 24.4 Å². The molecule has 2 heterocycles. The molecule has 126 valence electrons. The highest BCUT2D eigenvalue weighted by Crippen LogP contribution is 2.25. The number of carbonyl (C=O) groups excluding carboxylic acids is 1. The van der Waals surface area contributed by atoms with Gasteiger partial charge in [-0.15, -0.1) is 0 Å². The number of nitrogens with one attached hydrogen (secondary N) is 2. The number of benzene rings is 1. The molecule has 1 fully saturated rings. The van der Waals surface area contributed by atoms with E-state index < -0.39 is 22.3 Å². The summed E-state index contributed by atoms with van der Waals surface area (Å²) in [6.07, 6.45) is 1.70. The number of amides is 1. The van der Waals surface area contributed by atoms with Gasteiger partial charge in [-0.1, -0.05) is 0 Å². The van der Waals surface area contributed by atoms with Crippen molar-refractivity contribution in [3.8, 4) is 0 Å². The molecule has 1 unspecified atom stereocenters. The number of carbonyl (C=O) groups is 2. The van der Waals surface area contributed by atoms with E-state index in [1.165, 1.54) is 12.1 Å². The summed E-state index contributed by atoms with van der Waals surface area (Å²) >= 11 is 0. The first-order valence-corrected chi connectivity index (χ1v) is 7.28. The molecule has 1 aromatic heterocycles. The summed E-state index contributed by atoms with van der Waals surface area (Å²) in [6.45, 7) is 0.194. The van der Waals surface area contributed by atoms with E-state index in [1.54, 1.807) is 12.3 Å². The average Bonchev–Trinajstić information content (AvgIpc) is 3.15. The fourth-order valence-electron chi connectivity index (χ4n) is 2.80. The second kappa shape index (κ2) is 5.93. The van der Waals surface area contributed by atoms with Crippen LogP contribution in [0.25, 0.3) is 10.9 Å². The highest BCUT2D eigenvalue weighted by Gasteiger charge is 2.43. The van der Waals surface area contributed by atoms with Crippen molar-refractivity contribution in [2.75, 3.05) is 13.2 Å². The summed E-state index contributed by atoms with van der Waals surface area (Å²) in [7, 11) is 0. The molecule has 24 heavy (non-hydrogen) atoms. The van der Waals surface area contributed by atoms with E-state index in [1.807, 2.05) is 0 Å². The van der Waals surface area contributed by atoms with Crippen molar-refractivity contribution in [3.05, 3.63) is 40.1 Å². The predicted octanol–water partition coefficient (Wildman–Crippen LogP) is 0.978. The van der Waals surface area contributed by atoms with E-state index in [9.17, 15) is 24.8 Å². The van der Waals surface area contributed by atoms with Crippen molar-refractivity contribution < 1.29 is 24.4 Å². The van der Waals surface area contributed by atoms with Gasteiger partial charge in [-0.2, -0.15) is 0 Å². The molecule has 1 amide bonds. The Morgan fingerprint density at radius 2 is 2.25 bits per heavy atom. The number of nitro benzene ring substituents is 1. The Balaban J connectivity index is 1.81. The van der Waals surface area contributed by atoms with Gasteiger partial charge in [0.25, 0.3) is 5.69 Å². The maximum Gasteiger partial charge on any atom is 0.331 e. The lowest BCUT2D eigenvalue weighted by molar-refractivity contribution is -0.384. The number of non-ortho nitro benzene ring substituents is 1. The van der Waals surface area contributed by atoms with Crippen molar-refractivity contribution in [3.63, 3.8) is 0 Å². The zero-order chi connectivity index (χ0) is 17.3. The van der Waals surface area contributed by atoms with Crippen molar-refractivity contribution in [1.29, 1.82) is 0 Å². The Kier molecular flexibility index (Phi) is 3.94. The first kappa shape index (κ1) is 15.9. The Labute approximate surface area is 135 Å². The summed E-state index contributed by atoms with van der Waals surface area (Å²) in [5.41, 5.74) is -0.254. The highest BCUT2D eigenvalue weighted by molar-refractivity contribution is 5.92. The lowest BCUT2D eigenvalue weighted by Gasteiger charge is -2.23. The van der Waals surface area contributed by atoms with Crippen LogP contribution in [0.5, 0.6) is 0 Å². The van der Waals surface area contributed by atoms with Crippen molar-refractivity contribution >= 4 is 28.5 Å². The number of hydrogen-bond donors (Lipinski definition) is 3. The van der Waals surface area contributed by atoms with E-state index in [0.29, 0.717) is 16.5 Å². The number of nitro groups is 1. The molecule has 0 spiro atoms. The number of ether oxygens (including phenoxy) is 1. The molecule has 1 atom stereocenters. The van der Waals surface area contributed by atoms with Gasteiger partial charge < -0.3 is 20.1 Å². The van der Waals surface area contributed by atoms with Gasteiger partial charge >= 0.3 is 5.97 Å². The molecular weight excluding hydrogens is 318 g/mol. The fourth-order valence-corrected chi connectivity index (χ4v) is 2.80. The summed E-state index contributed by atoms with van der Waals surface area (Å²) in [4.78, 5) is 37.0. The fraction of sp³-hybridized carbons (Fsp3) is 0.333. The summed E-state index contributed by atoms with van der Waals surface area (Å²) in [5, 5.41) is 23.3. The van der Waals surface area contributed by atoms with Gasteiger partial charge in [-0.05, 0) is 11.6 Å². The van der Waals surface area contributed by atoms with Crippen LogP contribution in [-0.2, 0) is 20.7 Å². The molecule has 0 radical (unpaired) electrons. The predicted molar refractivity (Wildman–Crippen MR) is 82.6 cm³/mol. The number of H-pyrrole nitrogens is 1. The zero-order valence-electron chi connectivity index (χ0n) is 12.6. The van der Waals surface area contributed by atoms with Gasteiger partial charge in [0.1, 0.15) is 0 Å². The number of hydrogen-bond acceptors (Lipinski definition) is 5. The first-order valence-electron chi connectivity index (χ1n) is 7.28. The molecule has 2 aromatic rings. The van der Waals surface area contributed by atoms with E-state index in [0.717, 1.165) is 0 Å². The minimum absolute atomic E-state index is 0.0741. The number of carboxylic acids is 1. The number of aromatic amines is 1. The number of fused-ring (bicyclic) bond motifs is 1. The zero-order valence-corrected chi connectivity index (χ0v) is 12.6. The molecule has 3 rings (SSSR count). The third kappa shape index (κ3) is 2.81. The van der Waals surface area contributed by atoms with Gasteiger partial charge in [0.2, 0.25) is 5.91 Å². The molecule has 0 saturated carbocycles. The van der Waals surface area contributed by atoms with Crippen LogP contribution >= 0.6 is 0 Å². The van der Waals surface area contributed by atoms with E-state index >= 15 is 0 Å². The maximum atomic E-state index is 12.3. The molecule has 1 aliphatic rings. The maximum absolute atomic E-state index is 12.3. The molecule has 9 nitrogen and oxygen atoms in total. The standard InChI is InChI=1S/C15H15N3O6/c19-13(17-15(14(20)21)3-4-24-8-15)5-9-7-16-12-2-1-10(18(22)23)6-11(9)12/h1-2,6-7,16H,3-5,8H2,(H,17,19)(H,20,21). The van der Waals surface area contributed by atoms with Crippen LogP contribution in [-0.4, -0.2) is 45.6 Å². The smallest absolute Gasteiger partial charge is 0.331 e. The summed E-state index contributed by atoms with van der Waals surface area (Å²) in [6, 6.07) is 4.33. The van der Waals surface area contributed by atoms with Crippen molar-refractivity contribution in [2.24, 2.45) is 0 Å². The first-order chi connectivity index (χ1) is 11.4. The quantitative estimate of drug-likeness (QED) is 0.551. The van der Waals surface area contributed by atoms with Crippen LogP contribution in [0.2, 0.25) is 0 Å². The lowest BCUT2D eigenvalue weighted by atomic mass is 9.98. The molecule has 1 aromatic carbocycles. The molecule has 1 aliphatic heterocycles. The second-order valence-corrected chi connectivity index (χ2v) is 5.72. The van der Waals surface area contributed by atoms with Crippen LogP contribution in [0, 0.1) is 10.1 Å². The third-order valence-electron chi connectivity index (χ3n) is 4.12. The number of aromatic nitrogens is 1. The summed E-state index contributed by atoms with van der Waals surface area (Å²) in [5.74, 6) is -1.61. The normalized spacial score (nSPS) is 20.2. The highest BCUT2D eigenvalue weighted by atomic mass is 16.6. The van der Waals surface area contributed by atoms with Gasteiger partial charge in [0.15, 0.2) is 5.54 Å². The Hall–Kier alpha value is -2.94. The minimum Gasteiger partial charge on any atom is -0.479 e. The lowest BCUT2D eigenvalue weighted by Crippen LogP contribution is -2.55. The van der Waals surface area contributed by atoms with Gasteiger partial charge in [-0.25, -0.2) is 4.79 Å². The molecular formula is C15H15N3O6. The van der Waals surface area contributed by atoms with Gasteiger partial charge in [-0.3, -0.25) is 14.9 Å². The van der Waals surface area contributed by atoms with Crippen LogP contribution < -0.4 is 5.32 Å². The second-order valence-electron chi connectivity index (χ2n) is 5.72. The van der Waals surface area contributed by atoms with Crippen LogP contribution in [0.3, 0.4) is 0 Å². The molecule has 0 bridgehead atoms. The molecule has 3 N–H and O–H groups in total. The van der Waals surface area contributed by atoms with E-state index in [4.69, 9.17) is 4.74 Å². The SMILES string of the molecule is O=C(Cc1c[nH]c2ccc([N+](=O)[O-])cc12)NC1(C(=O)O)CCOC1. The molecule has 9 heteroatoms. The minimum atomic E-state index is -1.41. The van der Waals surface area contributed by atoms with Crippen LogP contribution in [0.1, 0.15) is 12.0 Å². The molecule has 1 saturated heterocycles. The number of aliphatic carboxylic acids is 1. The topological polar surface area (TPSA) is 135 Å². The Morgan fingerprint density at radius 1 is 1.46 bits per heavy atom. The number of nitrogens with zero attached hydrogens (tertiary/aromatic N) is 1. The van der Waals surface area contributed by atoms with Gasteiger partial charge in [0.05, 0.1) is 18.0 Å². The molecule has 0 aliphatic carbocycles. The Morgan fingerprint density at radius 3 is 2.88 bits per heavy atom. The van der Waals surface area contributed by atoms with Crippen molar-refractivity contribution in [2.45, 2.75) is 18.4 Å². The average molecular weight is 333 g/mol. The Bertz CT molecular complexity index is 822. The van der Waals surface area contributed by atoms with Gasteiger partial charge in [0, 0.05) is 42.3 Å². The third-order valence-corrected chi connectivity index (χ3v) is 4.12. The van der Waals surface area contributed by atoms with Crippen LogP contribution in [0.4, 0.5) is 5.69 Å².